The van der Waals surface area contributed by atoms with Crippen LogP contribution in [0.5, 0.6) is 23.0 Å². The number of hydrogen-bond acceptors (Lipinski definition) is 8. The number of amides is 1. The van der Waals surface area contributed by atoms with E-state index >= 15 is 4.39 Å². The number of fused-ring (bicyclic) bond motifs is 2. The quantitative estimate of drug-likeness (QED) is 0.258. The summed E-state index contributed by atoms with van der Waals surface area (Å²) in [6.07, 6.45) is 4.20. The lowest BCUT2D eigenvalue weighted by Crippen LogP contribution is -2.22. The molecule has 45 heavy (non-hydrogen) atoms. The van der Waals surface area contributed by atoms with Crippen LogP contribution in [0.2, 0.25) is 0 Å². The van der Waals surface area contributed by atoms with Crippen LogP contribution in [0.25, 0.3) is 22.0 Å². The van der Waals surface area contributed by atoms with Crippen molar-refractivity contribution in [2.75, 3.05) is 45.0 Å². The summed E-state index contributed by atoms with van der Waals surface area (Å²) >= 11 is 0. The average molecular weight is 616 g/mol. The number of halogens is 2. The van der Waals surface area contributed by atoms with Crippen LogP contribution in [0.3, 0.4) is 0 Å². The number of ether oxygens (including phenoxy) is 5. The predicted molar refractivity (Wildman–Crippen MR) is 161 cm³/mol. The van der Waals surface area contributed by atoms with Gasteiger partial charge >= 0.3 is 0 Å². The normalized spacial score (nSPS) is 13.8. The van der Waals surface area contributed by atoms with E-state index in [4.69, 9.17) is 23.7 Å². The number of H-pyrrole nitrogens is 1. The van der Waals surface area contributed by atoms with Gasteiger partial charge in [-0.2, -0.15) is 0 Å². The van der Waals surface area contributed by atoms with E-state index in [9.17, 15) is 14.0 Å². The highest BCUT2D eigenvalue weighted by Gasteiger charge is 2.18. The first-order valence-corrected chi connectivity index (χ1v) is 14.1. The minimum atomic E-state index is -0.755. The number of carbonyl (C=O) groups excluding carboxylic acids is 1. The van der Waals surface area contributed by atoms with Gasteiger partial charge in [0.05, 0.1) is 31.9 Å². The maximum Gasteiger partial charge on any atom is 0.261 e. The summed E-state index contributed by atoms with van der Waals surface area (Å²) in [6.45, 7) is 2.24. The van der Waals surface area contributed by atoms with Gasteiger partial charge in [-0.15, -0.1) is 0 Å². The van der Waals surface area contributed by atoms with Crippen molar-refractivity contribution in [3.05, 3.63) is 107 Å². The van der Waals surface area contributed by atoms with Crippen molar-refractivity contribution in [2.24, 2.45) is 0 Å². The monoisotopic (exact) mass is 615 g/mol. The molecule has 1 amide bonds. The van der Waals surface area contributed by atoms with Crippen molar-refractivity contribution in [1.82, 2.24) is 9.97 Å². The Labute approximate surface area is 255 Å². The van der Waals surface area contributed by atoms with Gasteiger partial charge in [0.1, 0.15) is 30.3 Å². The van der Waals surface area contributed by atoms with Gasteiger partial charge in [-0.3, -0.25) is 14.6 Å². The first-order chi connectivity index (χ1) is 22.0. The zero-order chi connectivity index (χ0) is 31.2. The molecule has 1 aliphatic rings. The number of anilines is 1. The molecule has 3 aromatic carbocycles. The van der Waals surface area contributed by atoms with Crippen LogP contribution in [0.15, 0.2) is 84.0 Å². The first kappa shape index (κ1) is 29.7. The molecule has 6 rings (SSSR count). The second-order valence-corrected chi connectivity index (χ2v) is 9.87. The molecule has 0 saturated carbocycles. The van der Waals surface area contributed by atoms with Crippen molar-refractivity contribution in [1.29, 1.82) is 0 Å². The van der Waals surface area contributed by atoms with Crippen LogP contribution in [-0.2, 0) is 9.47 Å². The maximum absolute atomic E-state index is 15.3. The maximum atomic E-state index is 15.3. The van der Waals surface area contributed by atoms with Crippen LogP contribution in [0.4, 0.5) is 14.5 Å². The van der Waals surface area contributed by atoms with E-state index in [-0.39, 0.29) is 29.2 Å². The molecule has 0 unspecified atom stereocenters. The van der Waals surface area contributed by atoms with Gasteiger partial charge in [-0.05, 0) is 42.0 Å². The van der Waals surface area contributed by atoms with Gasteiger partial charge in [0.25, 0.3) is 5.91 Å². The van der Waals surface area contributed by atoms with Crippen molar-refractivity contribution in [3.63, 3.8) is 0 Å². The second-order valence-electron chi connectivity index (χ2n) is 9.87. The zero-order valence-electron chi connectivity index (χ0n) is 23.8. The van der Waals surface area contributed by atoms with Gasteiger partial charge in [-0.1, -0.05) is 12.1 Å². The molecule has 230 valence electrons. The van der Waals surface area contributed by atoms with Crippen molar-refractivity contribution in [3.8, 4) is 34.1 Å². The third-order valence-corrected chi connectivity index (χ3v) is 6.86. The largest absolute Gasteiger partial charge is 0.487 e. The van der Waals surface area contributed by atoms with Crippen molar-refractivity contribution in [2.45, 2.75) is 0 Å². The van der Waals surface area contributed by atoms with Crippen LogP contribution in [0.1, 0.15) is 10.4 Å². The highest BCUT2D eigenvalue weighted by molar-refractivity contribution is 6.04. The fourth-order valence-corrected chi connectivity index (χ4v) is 4.66. The van der Waals surface area contributed by atoms with Gasteiger partial charge in [0.2, 0.25) is 5.43 Å². The smallest absolute Gasteiger partial charge is 0.261 e. The molecule has 3 heterocycles. The second kappa shape index (κ2) is 13.5. The summed E-state index contributed by atoms with van der Waals surface area (Å²) < 4.78 is 57.3. The van der Waals surface area contributed by atoms with Gasteiger partial charge < -0.3 is 34.0 Å². The Balaban J connectivity index is 1.21. The molecule has 10 nitrogen and oxygen atoms in total. The van der Waals surface area contributed by atoms with Gasteiger partial charge in [0, 0.05) is 47.4 Å². The number of pyridine rings is 2. The molecule has 0 radical (unpaired) electrons. The molecule has 2 aromatic heterocycles. The number of nitrogens with zero attached hydrogens (tertiary/aromatic N) is 1. The van der Waals surface area contributed by atoms with Crippen LogP contribution < -0.4 is 25.0 Å². The number of nitrogens with one attached hydrogen (secondary N) is 2. The van der Waals surface area contributed by atoms with Crippen molar-refractivity contribution >= 4 is 22.5 Å². The van der Waals surface area contributed by atoms with Gasteiger partial charge in [-0.25, -0.2) is 8.78 Å². The number of carbonyl (C=O) groups is 1. The van der Waals surface area contributed by atoms with E-state index in [1.807, 2.05) is 0 Å². The lowest BCUT2D eigenvalue weighted by molar-refractivity contribution is 0.0224. The summed E-state index contributed by atoms with van der Waals surface area (Å²) in [5.41, 5.74) is 0.507. The Hall–Kier alpha value is -5.33. The molecule has 12 heteroatoms. The third-order valence-electron chi connectivity index (χ3n) is 6.86. The Kier molecular flexibility index (Phi) is 8.94. The molecule has 0 spiro atoms. The summed E-state index contributed by atoms with van der Waals surface area (Å²) in [6, 6.07) is 14.2. The molecule has 0 bridgehead atoms. The summed E-state index contributed by atoms with van der Waals surface area (Å²) in [5, 5.41) is 3.09. The van der Waals surface area contributed by atoms with Crippen LogP contribution >= 0.6 is 0 Å². The Morgan fingerprint density at radius 3 is 2.27 bits per heavy atom. The molecular weight excluding hydrogens is 588 g/mol. The van der Waals surface area contributed by atoms with E-state index < -0.39 is 23.0 Å². The lowest BCUT2D eigenvalue weighted by Gasteiger charge is -2.17. The van der Waals surface area contributed by atoms with E-state index in [1.165, 1.54) is 55.0 Å². The molecule has 0 aliphatic carbocycles. The number of aromatic amines is 1. The molecule has 1 aliphatic heterocycles. The number of hydrogen-bond donors (Lipinski definition) is 2. The van der Waals surface area contributed by atoms with E-state index in [1.54, 1.807) is 18.2 Å². The molecule has 0 atom stereocenters. The zero-order valence-corrected chi connectivity index (χ0v) is 23.8. The average Bonchev–Trinajstić information content (AvgIpc) is 3.03. The minimum absolute atomic E-state index is 0.104. The van der Waals surface area contributed by atoms with Crippen LogP contribution in [0, 0.1) is 11.6 Å². The lowest BCUT2D eigenvalue weighted by atomic mass is 10.0. The SMILES string of the molecule is O=C(Nc1ccc(Oc2ccnc3cc4c(cc23)OCCOCCOCCO4)c(F)c1)c1c[nH]cc(-c2ccc(F)cc2)c1=O. The Morgan fingerprint density at radius 2 is 1.53 bits per heavy atom. The Morgan fingerprint density at radius 1 is 0.822 bits per heavy atom. The standard InChI is InChI=1S/C33H27F2N3O7/c34-21-3-1-20(2-4-21)24-18-36-19-25(32(24)39)33(40)38-22-5-6-29(26(35)15-22)45-28-7-8-37-27-17-31-30(16-23(27)28)43-13-11-41-9-10-42-12-14-44-31/h1-8,15-19H,9-14H2,(H,36,39)(H,38,40). The molecule has 2 N–H and O–H groups in total. The molecule has 0 saturated heterocycles. The number of aromatic nitrogens is 2. The number of benzene rings is 3. The van der Waals surface area contributed by atoms with Crippen LogP contribution in [-0.4, -0.2) is 55.5 Å². The predicted octanol–water partition coefficient (Wildman–Crippen LogP) is 5.72. The van der Waals surface area contributed by atoms with E-state index in [0.29, 0.717) is 66.7 Å². The van der Waals surface area contributed by atoms with Crippen molar-refractivity contribution < 1.29 is 37.3 Å². The molecule has 0 fully saturated rings. The molecule has 5 aromatic rings. The molecular formula is C33H27F2N3O7. The topological polar surface area (TPSA) is 121 Å². The number of rotatable bonds is 5. The highest BCUT2D eigenvalue weighted by atomic mass is 19.1. The fourth-order valence-electron chi connectivity index (χ4n) is 4.66. The Bertz CT molecular complexity index is 1900. The van der Waals surface area contributed by atoms with E-state index in [2.05, 4.69) is 15.3 Å². The van der Waals surface area contributed by atoms with E-state index in [0.717, 1.165) is 6.07 Å². The summed E-state index contributed by atoms with van der Waals surface area (Å²) in [7, 11) is 0. The highest BCUT2D eigenvalue weighted by Crippen LogP contribution is 2.38. The summed E-state index contributed by atoms with van der Waals surface area (Å²) in [5.74, 6) is -0.821. The third kappa shape index (κ3) is 6.92. The minimum Gasteiger partial charge on any atom is -0.487 e. The summed E-state index contributed by atoms with van der Waals surface area (Å²) in [4.78, 5) is 33.1. The first-order valence-electron chi connectivity index (χ1n) is 14.1. The van der Waals surface area contributed by atoms with Gasteiger partial charge in [0.15, 0.2) is 23.1 Å². The fraction of sp³-hybridized carbons (Fsp3) is 0.182.